The van der Waals surface area contributed by atoms with Gasteiger partial charge in [-0.3, -0.25) is 9.59 Å². The standard InChI is InChI=1S/C22H17Cl2F6N3O3.C9H10ClN5O2/c1-11-4-12(2-3-16(11)19(35)31-9-18(34)32-10-21(25,26)27)17-8-20(36-33-17,22(28,29)30)13-5-14(23)7-15(24)6-13;10-8-2-1-7(5-12-8)6-14-4-3-11-9(14)13-15(16)17/h2-7H,8-10H2,1H3,(H,31,35)(H,32,34);1-2,5H,3-4,6H2,(H,11,13). The maximum absolute atomic E-state index is 14.1. The first-order valence-corrected chi connectivity index (χ1v) is 16.2. The van der Waals surface area contributed by atoms with Gasteiger partial charge in [0.2, 0.25) is 5.91 Å². The van der Waals surface area contributed by atoms with Gasteiger partial charge in [0.05, 0.1) is 12.3 Å². The van der Waals surface area contributed by atoms with Crippen LogP contribution in [-0.2, 0) is 21.8 Å². The molecule has 2 aliphatic rings. The van der Waals surface area contributed by atoms with Crippen LogP contribution in [0.25, 0.3) is 0 Å². The Kier molecular flexibility index (Phi) is 13.0. The van der Waals surface area contributed by atoms with Gasteiger partial charge in [0.25, 0.3) is 17.5 Å². The Bertz CT molecular complexity index is 1890. The molecule has 3 heterocycles. The van der Waals surface area contributed by atoms with Gasteiger partial charge in [-0.05, 0) is 60.0 Å². The fraction of sp³-hybridized carbons (Fsp3) is 0.323. The van der Waals surface area contributed by atoms with E-state index in [4.69, 9.17) is 39.6 Å². The molecule has 2 aliphatic heterocycles. The summed E-state index contributed by atoms with van der Waals surface area (Å²) in [6.07, 6.45) is -8.53. The normalized spacial score (nSPS) is 17.7. The van der Waals surface area contributed by atoms with Crippen LogP contribution in [0.3, 0.4) is 0 Å². The molecular formula is C31H27Cl3F6N8O5. The van der Waals surface area contributed by atoms with Crippen LogP contribution in [0.15, 0.2) is 65.0 Å². The number of hydrazone groups is 1. The number of alkyl halides is 6. The van der Waals surface area contributed by atoms with Gasteiger partial charge in [-0.25, -0.2) is 15.1 Å². The fourth-order valence-corrected chi connectivity index (χ4v) is 5.67. The van der Waals surface area contributed by atoms with Crippen molar-refractivity contribution in [2.75, 3.05) is 26.2 Å². The number of nitrogens with zero attached hydrogens (tertiary/aromatic N) is 5. The summed E-state index contributed by atoms with van der Waals surface area (Å²) in [6.45, 7) is 1.09. The molecule has 1 saturated heterocycles. The van der Waals surface area contributed by atoms with Gasteiger partial charge in [-0.2, -0.15) is 26.3 Å². The fourth-order valence-electron chi connectivity index (χ4n) is 5.03. The third kappa shape index (κ3) is 11.1. The van der Waals surface area contributed by atoms with Crippen LogP contribution >= 0.6 is 34.8 Å². The number of amides is 2. The molecule has 1 unspecified atom stereocenters. The second-order valence-corrected chi connectivity index (χ2v) is 12.7. The monoisotopic (exact) mass is 810 g/mol. The van der Waals surface area contributed by atoms with Crippen LogP contribution in [0.4, 0.5) is 26.3 Å². The number of guanidine groups is 1. The molecule has 0 aliphatic carbocycles. The number of oxime groups is 1. The minimum atomic E-state index is -4.88. The molecule has 0 bridgehead atoms. The summed E-state index contributed by atoms with van der Waals surface area (Å²) in [7, 11) is 0. The van der Waals surface area contributed by atoms with E-state index in [0.717, 1.165) is 17.7 Å². The number of hydrogen-bond acceptors (Lipinski definition) is 7. The van der Waals surface area contributed by atoms with Crippen molar-refractivity contribution in [3.63, 3.8) is 0 Å². The van der Waals surface area contributed by atoms with Gasteiger partial charge in [-0.1, -0.05) is 52.1 Å². The highest BCUT2D eigenvalue weighted by Crippen LogP contribution is 2.49. The van der Waals surface area contributed by atoms with Gasteiger partial charge >= 0.3 is 12.4 Å². The number of benzene rings is 2. The number of carbonyl (C=O) groups is 2. The van der Waals surface area contributed by atoms with E-state index in [1.54, 1.807) is 22.5 Å². The van der Waals surface area contributed by atoms with Gasteiger partial charge < -0.3 is 25.7 Å². The molecule has 1 atom stereocenters. The van der Waals surface area contributed by atoms with E-state index in [1.165, 1.54) is 31.2 Å². The number of nitro groups is 1. The molecule has 13 nitrogen and oxygen atoms in total. The molecule has 2 aromatic carbocycles. The summed E-state index contributed by atoms with van der Waals surface area (Å²) in [4.78, 5) is 44.8. The Morgan fingerprint density at radius 1 is 1.06 bits per heavy atom. The summed E-state index contributed by atoms with van der Waals surface area (Å²) < 4.78 is 78.9. The van der Waals surface area contributed by atoms with E-state index in [9.17, 15) is 46.0 Å². The average Bonchev–Trinajstić information content (AvgIpc) is 3.71. The number of nitrogens with one attached hydrogen (secondary N) is 3. The zero-order chi connectivity index (χ0) is 39.1. The number of hydrogen-bond donors (Lipinski definition) is 3. The molecule has 3 N–H and O–H groups in total. The number of aromatic nitrogens is 1. The lowest BCUT2D eigenvalue weighted by Gasteiger charge is -2.29. The zero-order valence-corrected chi connectivity index (χ0v) is 29.4. The largest absolute Gasteiger partial charge is 0.435 e. The first kappa shape index (κ1) is 40.9. The van der Waals surface area contributed by atoms with E-state index in [2.05, 4.69) is 25.9 Å². The topological polar surface area (TPSA) is 163 Å². The van der Waals surface area contributed by atoms with E-state index >= 15 is 0 Å². The van der Waals surface area contributed by atoms with E-state index in [0.29, 0.717) is 30.4 Å². The SMILES string of the molecule is Cc1cc(C2=NOC(c3cc(Cl)cc(Cl)c3)(C(F)(F)F)C2)ccc1C(=O)NCC(=O)NCC(F)(F)F.O=[N+]([O-])/N=C1\NCCN1Cc1ccc(Cl)nc1. The van der Waals surface area contributed by atoms with Crippen LogP contribution in [0.2, 0.25) is 15.2 Å². The van der Waals surface area contributed by atoms with E-state index < -0.39 is 54.3 Å². The Hall–Kier alpha value is -4.88. The molecule has 0 spiro atoms. The molecule has 0 saturated carbocycles. The first-order valence-electron chi connectivity index (χ1n) is 15.1. The van der Waals surface area contributed by atoms with Crippen molar-refractivity contribution >= 4 is 58.3 Å². The van der Waals surface area contributed by atoms with E-state index in [1.807, 2.05) is 6.07 Å². The van der Waals surface area contributed by atoms with Crippen LogP contribution in [0, 0.1) is 17.0 Å². The third-order valence-corrected chi connectivity index (χ3v) is 8.18. The van der Waals surface area contributed by atoms with Crippen molar-refractivity contribution in [1.29, 1.82) is 0 Å². The van der Waals surface area contributed by atoms with Crippen molar-refractivity contribution in [3.8, 4) is 0 Å². The van der Waals surface area contributed by atoms with Gasteiger partial charge in [-0.15, -0.1) is 0 Å². The van der Waals surface area contributed by atoms with Crippen LogP contribution < -0.4 is 16.0 Å². The summed E-state index contributed by atoms with van der Waals surface area (Å²) in [6, 6.07) is 11.0. The maximum Gasteiger partial charge on any atom is 0.435 e. The highest BCUT2D eigenvalue weighted by molar-refractivity contribution is 6.34. The molecular weight excluding hydrogens is 785 g/mol. The lowest BCUT2D eigenvalue weighted by atomic mass is 9.86. The van der Waals surface area contributed by atoms with Crippen molar-refractivity contribution in [2.45, 2.75) is 37.8 Å². The lowest BCUT2D eigenvalue weighted by Crippen LogP contribution is -2.42. The number of aryl methyl sites for hydroxylation is 1. The Labute approximate surface area is 311 Å². The number of carbonyl (C=O) groups excluding carboxylic acids is 2. The van der Waals surface area contributed by atoms with Crippen LogP contribution in [0.1, 0.15) is 39.0 Å². The minimum absolute atomic E-state index is 0.0172. The molecule has 1 aromatic heterocycles. The molecule has 1 fully saturated rings. The molecule has 2 amide bonds. The second kappa shape index (κ2) is 16.9. The minimum Gasteiger partial charge on any atom is -0.374 e. The maximum atomic E-state index is 14.1. The molecule has 3 aromatic rings. The van der Waals surface area contributed by atoms with Crippen molar-refractivity contribution in [2.24, 2.45) is 10.3 Å². The predicted octanol–water partition coefficient (Wildman–Crippen LogP) is 5.98. The summed E-state index contributed by atoms with van der Waals surface area (Å²) >= 11 is 17.4. The molecule has 284 valence electrons. The Morgan fingerprint density at radius 3 is 2.34 bits per heavy atom. The van der Waals surface area contributed by atoms with Crippen molar-refractivity contribution in [3.05, 3.63) is 108 Å². The van der Waals surface area contributed by atoms with E-state index in [-0.39, 0.29) is 38.4 Å². The lowest BCUT2D eigenvalue weighted by molar-refractivity contribution is -0.485. The predicted molar refractivity (Wildman–Crippen MR) is 181 cm³/mol. The quantitative estimate of drug-likeness (QED) is 0.103. The number of rotatable bonds is 9. The highest BCUT2D eigenvalue weighted by atomic mass is 35.5. The summed E-state index contributed by atoms with van der Waals surface area (Å²) in [5, 5.41) is 23.6. The highest BCUT2D eigenvalue weighted by Gasteiger charge is 2.62. The van der Waals surface area contributed by atoms with Crippen LogP contribution in [0.5, 0.6) is 0 Å². The van der Waals surface area contributed by atoms with Gasteiger partial charge in [0.15, 0.2) is 5.03 Å². The Morgan fingerprint density at radius 2 is 1.75 bits per heavy atom. The smallest absolute Gasteiger partial charge is 0.374 e. The molecule has 0 radical (unpaired) electrons. The summed E-state index contributed by atoms with van der Waals surface area (Å²) in [5.74, 6) is -1.52. The number of halogens is 9. The first-order chi connectivity index (χ1) is 24.8. The average molecular weight is 812 g/mol. The molecule has 5 rings (SSSR count). The molecule has 53 heavy (non-hydrogen) atoms. The Balaban J connectivity index is 0.000000306. The third-order valence-electron chi connectivity index (χ3n) is 7.52. The zero-order valence-electron chi connectivity index (χ0n) is 27.1. The van der Waals surface area contributed by atoms with Gasteiger partial charge in [0, 0.05) is 53.4 Å². The van der Waals surface area contributed by atoms with Crippen molar-refractivity contribution in [1.82, 2.24) is 25.8 Å². The van der Waals surface area contributed by atoms with Crippen molar-refractivity contribution < 1.29 is 45.8 Å². The second-order valence-electron chi connectivity index (χ2n) is 11.4. The number of pyridine rings is 1. The van der Waals surface area contributed by atoms with Gasteiger partial charge in [0.1, 0.15) is 16.8 Å². The summed E-state index contributed by atoms with van der Waals surface area (Å²) in [5.41, 5.74) is -1.66. The van der Waals surface area contributed by atoms with Crippen LogP contribution in [-0.4, -0.2) is 76.9 Å². The molecule has 22 heteroatoms.